The summed E-state index contributed by atoms with van der Waals surface area (Å²) in [7, 11) is -2.79. The van der Waals surface area contributed by atoms with E-state index in [1.54, 1.807) is 0 Å². The van der Waals surface area contributed by atoms with Crippen LogP contribution in [0.2, 0.25) is 0 Å². The van der Waals surface area contributed by atoms with Crippen LogP contribution in [-0.2, 0) is 23.7 Å². The predicted molar refractivity (Wildman–Crippen MR) is 86.7 cm³/mol. The van der Waals surface area contributed by atoms with E-state index in [0.29, 0.717) is 5.75 Å². The molecule has 134 valence electrons. The molecule has 0 aliphatic carbocycles. The Labute approximate surface area is 139 Å². The second-order valence-electron chi connectivity index (χ2n) is 5.59. The summed E-state index contributed by atoms with van der Waals surface area (Å²) in [5.41, 5.74) is 0. The van der Waals surface area contributed by atoms with E-state index in [-0.39, 0.29) is 24.1 Å². The first-order valence-corrected chi connectivity index (χ1v) is 9.19. The first-order valence-electron chi connectivity index (χ1n) is 6.80. The molecule has 0 aromatic rings. The van der Waals surface area contributed by atoms with E-state index >= 15 is 0 Å². The van der Waals surface area contributed by atoms with Crippen LogP contribution in [0.1, 0.15) is 33.6 Å². The minimum absolute atomic E-state index is 0.0967. The molecule has 0 radical (unpaired) electrons. The molecule has 0 bridgehead atoms. The zero-order valence-electron chi connectivity index (χ0n) is 13.2. The molecule has 1 unspecified atom stereocenters. The highest BCUT2D eigenvalue weighted by atomic mass is 32.2. The number of carboxylic acids is 2. The van der Waals surface area contributed by atoms with Crippen molar-refractivity contribution in [3.63, 3.8) is 0 Å². The topological polar surface area (TPSA) is 142 Å². The first-order chi connectivity index (χ1) is 10.5. The highest BCUT2D eigenvalue weighted by Crippen LogP contribution is 2.25. The van der Waals surface area contributed by atoms with E-state index < -0.39 is 32.3 Å². The van der Waals surface area contributed by atoms with E-state index in [1.807, 2.05) is 20.8 Å². The van der Waals surface area contributed by atoms with Gasteiger partial charge in [0.15, 0.2) is 6.23 Å². The highest BCUT2D eigenvalue weighted by molar-refractivity contribution is 8.00. The number of carbonyl (C=O) groups excluding carboxylic acids is 1. The highest BCUT2D eigenvalue weighted by Gasteiger charge is 2.23. The van der Waals surface area contributed by atoms with Crippen LogP contribution in [0.4, 0.5) is 0 Å². The van der Waals surface area contributed by atoms with Gasteiger partial charge >= 0.3 is 11.9 Å². The quantitative estimate of drug-likeness (QED) is 0.222. The van der Waals surface area contributed by atoms with Crippen molar-refractivity contribution in [2.75, 3.05) is 5.75 Å². The van der Waals surface area contributed by atoms with Crippen molar-refractivity contribution in [2.45, 2.75) is 50.6 Å². The van der Waals surface area contributed by atoms with Gasteiger partial charge < -0.3 is 14.9 Å². The molecule has 0 aromatic heterocycles. The van der Waals surface area contributed by atoms with Gasteiger partial charge in [0, 0.05) is 16.9 Å². The SMILES string of the molecule is CC(C)(C)SC[C@H](N[PH](=O)N[C@@H](CCC(=O)O)C(=O)O)OC=O. The zero-order chi connectivity index (χ0) is 18.0. The summed E-state index contributed by atoms with van der Waals surface area (Å²) in [4.78, 5) is 32.0. The molecule has 0 amide bonds. The molecular formula is C12H23N2O7PS. The lowest BCUT2D eigenvalue weighted by Crippen LogP contribution is -2.38. The Balaban J connectivity index is 4.55. The Bertz CT molecular complexity index is 442. The maximum atomic E-state index is 12.0. The maximum absolute atomic E-state index is 12.0. The van der Waals surface area contributed by atoms with Crippen LogP contribution in [-0.4, -0.2) is 51.4 Å². The number of hydrogen-bond acceptors (Lipinski definition) is 6. The average molecular weight is 370 g/mol. The van der Waals surface area contributed by atoms with Crippen molar-refractivity contribution >= 4 is 38.3 Å². The number of rotatable bonds is 12. The van der Waals surface area contributed by atoms with Gasteiger partial charge in [-0.2, -0.15) is 11.8 Å². The summed E-state index contributed by atoms with van der Waals surface area (Å²) in [6.45, 7) is 6.10. The van der Waals surface area contributed by atoms with Gasteiger partial charge in [-0.25, -0.2) is 10.2 Å². The fourth-order valence-electron chi connectivity index (χ4n) is 1.38. The normalized spacial score (nSPS) is 15.4. The van der Waals surface area contributed by atoms with Crippen LogP contribution >= 0.6 is 19.9 Å². The molecule has 0 aromatic carbocycles. The molecule has 0 heterocycles. The van der Waals surface area contributed by atoms with Gasteiger partial charge in [0.05, 0.1) is 0 Å². The van der Waals surface area contributed by atoms with Gasteiger partial charge in [0.2, 0.25) is 8.10 Å². The number of carboxylic acid groups (broad SMARTS) is 2. The molecule has 0 spiro atoms. The second-order valence-corrected chi connectivity index (χ2v) is 8.67. The van der Waals surface area contributed by atoms with Crippen LogP contribution in [0.3, 0.4) is 0 Å². The molecule has 0 saturated carbocycles. The zero-order valence-corrected chi connectivity index (χ0v) is 15.0. The molecule has 3 atom stereocenters. The molecule has 0 fully saturated rings. The number of nitrogens with one attached hydrogen (secondary N) is 2. The fourth-order valence-corrected chi connectivity index (χ4v) is 3.47. The molecule has 11 heteroatoms. The van der Waals surface area contributed by atoms with Crippen LogP contribution < -0.4 is 10.2 Å². The minimum atomic E-state index is -2.79. The average Bonchev–Trinajstić information content (AvgIpc) is 2.39. The largest absolute Gasteiger partial charge is 0.481 e. The molecule has 9 nitrogen and oxygen atoms in total. The number of aliphatic carboxylic acids is 2. The van der Waals surface area contributed by atoms with Crippen molar-refractivity contribution in [3.05, 3.63) is 0 Å². The van der Waals surface area contributed by atoms with E-state index in [0.717, 1.165) is 0 Å². The Morgan fingerprint density at radius 1 is 1.30 bits per heavy atom. The molecule has 0 saturated heterocycles. The van der Waals surface area contributed by atoms with Crippen LogP contribution in [0.5, 0.6) is 0 Å². The molecule has 23 heavy (non-hydrogen) atoms. The number of thioether (sulfide) groups is 1. The molecular weight excluding hydrogens is 347 g/mol. The number of hydrogen-bond donors (Lipinski definition) is 4. The summed E-state index contributed by atoms with van der Waals surface area (Å²) in [5, 5.41) is 22.4. The lowest BCUT2D eigenvalue weighted by Gasteiger charge is -2.23. The van der Waals surface area contributed by atoms with E-state index in [4.69, 9.17) is 14.9 Å². The maximum Gasteiger partial charge on any atom is 0.321 e. The van der Waals surface area contributed by atoms with E-state index in [9.17, 15) is 18.9 Å². The Kier molecular flexibility index (Phi) is 10.1. The Morgan fingerprint density at radius 3 is 2.35 bits per heavy atom. The summed E-state index contributed by atoms with van der Waals surface area (Å²) in [6.07, 6.45) is -1.42. The van der Waals surface area contributed by atoms with Crippen molar-refractivity contribution in [2.24, 2.45) is 0 Å². The Hall–Kier alpha value is -1.09. The van der Waals surface area contributed by atoms with Gasteiger partial charge in [-0.3, -0.25) is 18.9 Å². The minimum Gasteiger partial charge on any atom is -0.481 e. The lowest BCUT2D eigenvalue weighted by molar-refractivity contribution is -0.140. The third-order valence-electron chi connectivity index (χ3n) is 2.43. The predicted octanol–water partition coefficient (Wildman–Crippen LogP) is 0.904. The second kappa shape index (κ2) is 10.6. The standard InChI is InChI=1S/C12H23N2O7PS/c1-12(2,3)23-6-9(21-7-15)14-22(20)13-8(11(18)19)4-5-10(16)17/h7-9,22H,4-6H2,1-3H3,(H,16,17)(H,18,19)(H2,13,14,20)/t8-,9+/m0/s1. The third kappa shape index (κ3) is 12.1. The van der Waals surface area contributed by atoms with Gasteiger partial charge in [-0.15, -0.1) is 0 Å². The van der Waals surface area contributed by atoms with Crippen molar-refractivity contribution < 1.29 is 33.9 Å². The summed E-state index contributed by atoms with van der Waals surface area (Å²) in [6, 6.07) is -1.27. The monoisotopic (exact) mass is 370 g/mol. The summed E-state index contributed by atoms with van der Waals surface area (Å²) >= 11 is 1.47. The molecule has 0 aliphatic rings. The number of carbonyl (C=O) groups is 3. The molecule has 4 N–H and O–H groups in total. The number of ether oxygens (including phenoxy) is 1. The van der Waals surface area contributed by atoms with Gasteiger partial charge in [-0.1, -0.05) is 20.8 Å². The molecule has 0 rings (SSSR count). The van der Waals surface area contributed by atoms with Crippen LogP contribution in [0.25, 0.3) is 0 Å². The Morgan fingerprint density at radius 2 is 1.91 bits per heavy atom. The van der Waals surface area contributed by atoms with E-state index in [2.05, 4.69) is 10.2 Å². The summed E-state index contributed by atoms with van der Waals surface area (Å²) < 4.78 is 16.6. The van der Waals surface area contributed by atoms with Crippen molar-refractivity contribution in [3.8, 4) is 0 Å². The van der Waals surface area contributed by atoms with Gasteiger partial charge in [0.1, 0.15) is 6.04 Å². The first kappa shape index (κ1) is 21.9. The van der Waals surface area contributed by atoms with Crippen molar-refractivity contribution in [1.29, 1.82) is 0 Å². The van der Waals surface area contributed by atoms with Crippen LogP contribution in [0, 0.1) is 0 Å². The molecule has 0 aliphatic heterocycles. The van der Waals surface area contributed by atoms with Gasteiger partial charge in [0.25, 0.3) is 6.47 Å². The third-order valence-corrected chi connectivity index (χ3v) is 4.96. The van der Waals surface area contributed by atoms with Crippen molar-refractivity contribution in [1.82, 2.24) is 10.2 Å². The van der Waals surface area contributed by atoms with Gasteiger partial charge in [-0.05, 0) is 6.42 Å². The van der Waals surface area contributed by atoms with E-state index in [1.165, 1.54) is 11.8 Å². The lowest BCUT2D eigenvalue weighted by atomic mass is 10.2. The smallest absolute Gasteiger partial charge is 0.321 e. The summed E-state index contributed by atoms with van der Waals surface area (Å²) in [5.74, 6) is -2.12. The van der Waals surface area contributed by atoms with Crippen LogP contribution in [0.15, 0.2) is 0 Å². The fraction of sp³-hybridized carbons (Fsp3) is 0.750.